The Morgan fingerprint density at radius 3 is 2.65 bits per heavy atom. The molecule has 0 aliphatic heterocycles. The van der Waals surface area contributed by atoms with Crippen LogP contribution in [0, 0.1) is 0 Å². The molecule has 0 spiro atoms. The Morgan fingerprint density at radius 2 is 1.96 bits per heavy atom. The number of hydrogen-bond donors (Lipinski definition) is 1. The molecule has 0 unspecified atom stereocenters. The molecule has 0 atom stereocenters. The Morgan fingerprint density at radius 1 is 1.17 bits per heavy atom. The molecule has 0 bridgehead atoms. The first-order valence-corrected chi connectivity index (χ1v) is 8.45. The molecule has 0 aliphatic rings. The van der Waals surface area contributed by atoms with Crippen LogP contribution >= 0.6 is 27.5 Å². The van der Waals surface area contributed by atoms with Gasteiger partial charge in [0, 0.05) is 5.02 Å². The van der Waals surface area contributed by atoms with Crippen molar-refractivity contribution in [3.05, 3.63) is 51.5 Å². The Labute approximate surface area is 149 Å². The van der Waals surface area contributed by atoms with Crippen LogP contribution in [0.2, 0.25) is 5.02 Å². The molecule has 2 rings (SSSR count). The number of hydrogen-bond acceptors (Lipinski definition) is 4. The second kappa shape index (κ2) is 8.79. The minimum Gasteiger partial charge on any atom is -0.490 e. The summed E-state index contributed by atoms with van der Waals surface area (Å²) in [6, 6.07) is 11.2. The summed E-state index contributed by atoms with van der Waals surface area (Å²) >= 11 is 9.45. The van der Waals surface area contributed by atoms with Gasteiger partial charge in [0.25, 0.3) is 0 Å². The standard InChI is InChI=1S/C17H18BrClN2O2/c1-3-22-16-9-12(8-15(18)17(16)23-4-2)11-20-21-14-7-5-6-13(19)10-14/h5-11,21H,3-4H2,1-2H3. The summed E-state index contributed by atoms with van der Waals surface area (Å²) in [7, 11) is 0. The molecule has 0 fully saturated rings. The average Bonchev–Trinajstić information content (AvgIpc) is 2.51. The Bertz CT molecular complexity index is 692. The van der Waals surface area contributed by atoms with Gasteiger partial charge in [0.15, 0.2) is 11.5 Å². The zero-order chi connectivity index (χ0) is 16.7. The van der Waals surface area contributed by atoms with Gasteiger partial charge in [-0.15, -0.1) is 0 Å². The van der Waals surface area contributed by atoms with E-state index in [0.29, 0.717) is 29.7 Å². The van der Waals surface area contributed by atoms with E-state index in [4.69, 9.17) is 21.1 Å². The lowest BCUT2D eigenvalue weighted by atomic mass is 10.2. The number of rotatable bonds is 7. The molecular weight excluding hydrogens is 380 g/mol. The molecule has 1 N–H and O–H groups in total. The molecule has 6 heteroatoms. The molecule has 0 saturated heterocycles. The van der Waals surface area contributed by atoms with E-state index >= 15 is 0 Å². The molecule has 0 aliphatic carbocycles. The predicted octanol–water partition coefficient (Wildman–Crippen LogP) is 5.35. The second-order valence-electron chi connectivity index (χ2n) is 4.58. The highest BCUT2D eigenvalue weighted by molar-refractivity contribution is 9.10. The number of anilines is 1. The highest BCUT2D eigenvalue weighted by atomic mass is 79.9. The number of nitrogens with one attached hydrogen (secondary N) is 1. The van der Waals surface area contributed by atoms with Crippen molar-refractivity contribution in [1.29, 1.82) is 0 Å². The van der Waals surface area contributed by atoms with Gasteiger partial charge in [-0.05, 0) is 65.7 Å². The van der Waals surface area contributed by atoms with E-state index in [1.165, 1.54) is 0 Å². The molecule has 0 heterocycles. The monoisotopic (exact) mass is 396 g/mol. The first-order valence-electron chi connectivity index (χ1n) is 7.27. The third-order valence-corrected chi connectivity index (χ3v) is 3.68. The van der Waals surface area contributed by atoms with Gasteiger partial charge in [0.05, 0.1) is 29.6 Å². The molecule has 2 aromatic carbocycles. The molecule has 0 saturated carbocycles. The largest absolute Gasteiger partial charge is 0.490 e. The van der Waals surface area contributed by atoms with Crippen molar-refractivity contribution in [3.63, 3.8) is 0 Å². The van der Waals surface area contributed by atoms with Crippen LogP contribution in [0.5, 0.6) is 11.5 Å². The Hall–Kier alpha value is -1.72. The van der Waals surface area contributed by atoms with Crippen molar-refractivity contribution >= 4 is 39.4 Å². The van der Waals surface area contributed by atoms with Gasteiger partial charge in [-0.25, -0.2) is 0 Å². The fraction of sp³-hybridized carbons (Fsp3) is 0.235. The number of hydrazone groups is 1. The minimum atomic E-state index is 0.563. The predicted molar refractivity (Wildman–Crippen MR) is 99.1 cm³/mol. The van der Waals surface area contributed by atoms with Gasteiger partial charge in [-0.3, -0.25) is 5.43 Å². The summed E-state index contributed by atoms with van der Waals surface area (Å²) in [4.78, 5) is 0. The van der Waals surface area contributed by atoms with Crippen LogP contribution in [-0.4, -0.2) is 19.4 Å². The van der Waals surface area contributed by atoms with E-state index in [2.05, 4.69) is 26.5 Å². The fourth-order valence-corrected chi connectivity index (χ4v) is 2.71. The van der Waals surface area contributed by atoms with E-state index < -0.39 is 0 Å². The normalized spacial score (nSPS) is 10.8. The van der Waals surface area contributed by atoms with Gasteiger partial charge < -0.3 is 9.47 Å². The molecule has 23 heavy (non-hydrogen) atoms. The molecule has 0 radical (unpaired) electrons. The molecule has 4 nitrogen and oxygen atoms in total. The van der Waals surface area contributed by atoms with Gasteiger partial charge in [-0.1, -0.05) is 17.7 Å². The third kappa shape index (κ3) is 5.15. The van der Waals surface area contributed by atoms with Gasteiger partial charge in [0.2, 0.25) is 0 Å². The third-order valence-electron chi connectivity index (χ3n) is 2.85. The highest BCUT2D eigenvalue weighted by Gasteiger charge is 2.11. The molecular formula is C17H18BrClN2O2. The van der Waals surface area contributed by atoms with Crippen LogP contribution in [-0.2, 0) is 0 Å². The lowest BCUT2D eigenvalue weighted by Gasteiger charge is -2.13. The van der Waals surface area contributed by atoms with Crippen molar-refractivity contribution in [2.75, 3.05) is 18.6 Å². The molecule has 2 aromatic rings. The van der Waals surface area contributed by atoms with E-state index in [9.17, 15) is 0 Å². The average molecular weight is 398 g/mol. The second-order valence-corrected chi connectivity index (χ2v) is 5.87. The molecule has 0 aromatic heterocycles. The number of nitrogens with zero attached hydrogens (tertiary/aromatic N) is 1. The van der Waals surface area contributed by atoms with Crippen LogP contribution in [0.4, 0.5) is 5.69 Å². The van der Waals surface area contributed by atoms with Crippen molar-refractivity contribution in [1.82, 2.24) is 0 Å². The van der Waals surface area contributed by atoms with Crippen molar-refractivity contribution in [3.8, 4) is 11.5 Å². The zero-order valence-electron chi connectivity index (χ0n) is 13.0. The van der Waals surface area contributed by atoms with Crippen LogP contribution in [0.15, 0.2) is 46.0 Å². The topological polar surface area (TPSA) is 42.8 Å². The van der Waals surface area contributed by atoms with E-state index in [-0.39, 0.29) is 0 Å². The lowest BCUT2D eigenvalue weighted by Crippen LogP contribution is -2.00. The van der Waals surface area contributed by atoms with Gasteiger partial charge in [-0.2, -0.15) is 5.10 Å². The van der Waals surface area contributed by atoms with Crippen molar-refractivity contribution in [2.45, 2.75) is 13.8 Å². The maximum atomic E-state index is 5.94. The smallest absolute Gasteiger partial charge is 0.175 e. The Balaban J connectivity index is 2.17. The summed E-state index contributed by atoms with van der Waals surface area (Å²) in [6.07, 6.45) is 1.71. The summed E-state index contributed by atoms with van der Waals surface area (Å²) in [5.74, 6) is 1.39. The minimum absolute atomic E-state index is 0.563. The first kappa shape index (κ1) is 17.6. The fourth-order valence-electron chi connectivity index (χ4n) is 1.95. The van der Waals surface area contributed by atoms with E-state index in [1.807, 2.05) is 44.2 Å². The highest BCUT2D eigenvalue weighted by Crippen LogP contribution is 2.36. The van der Waals surface area contributed by atoms with Crippen molar-refractivity contribution in [2.24, 2.45) is 5.10 Å². The number of halogens is 2. The van der Waals surface area contributed by atoms with Crippen LogP contribution < -0.4 is 14.9 Å². The quantitative estimate of drug-likeness (QED) is 0.506. The Kier molecular flexibility index (Phi) is 6.74. The SMILES string of the molecule is CCOc1cc(C=NNc2cccc(Cl)c2)cc(Br)c1OCC. The summed E-state index contributed by atoms with van der Waals surface area (Å²) in [6.45, 7) is 5.01. The van der Waals surface area contributed by atoms with Gasteiger partial charge >= 0.3 is 0 Å². The number of ether oxygens (including phenoxy) is 2. The molecule has 0 amide bonds. The summed E-state index contributed by atoms with van der Waals surface area (Å²) in [5.41, 5.74) is 4.65. The van der Waals surface area contributed by atoms with Gasteiger partial charge in [0.1, 0.15) is 0 Å². The maximum absolute atomic E-state index is 5.94. The van der Waals surface area contributed by atoms with E-state index in [1.54, 1.807) is 12.3 Å². The lowest BCUT2D eigenvalue weighted by molar-refractivity contribution is 0.286. The maximum Gasteiger partial charge on any atom is 0.175 e. The van der Waals surface area contributed by atoms with Crippen molar-refractivity contribution < 1.29 is 9.47 Å². The molecule has 122 valence electrons. The zero-order valence-corrected chi connectivity index (χ0v) is 15.3. The van der Waals surface area contributed by atoms with Crippen LogP contribution in [0.1, 0.15) is 19.4 Å². The summed E-state index contributed by atoms with van der Waals surface area (Å²) < 4.78 is 12.1. The summed E-state index contributed by atoms with van der Waals surface area (Å²) in [5, 5.41) is 4.88. The first-order chi connectivity index (χ1) is 11.1. The van der Waals surface area contributed by atoms with E-state index in [0.717, 1.165) is 15.7 Å². The number of benzene rings is 2. The van der Waals surface area contributed by atoms with Crippen LogP contribution in [0.3, 0.4) is 0 Å². The van der Waals surface area contributed by atoms with Crippen LogP contribution in [0.25, 0.3) is 0 Å².